The van der Waals surface area contributed by atoms with E-state index in [4.69, 9.17) is 11.6 Å². The summed E-state index contributed by atoms with van der Waals surface area (Å²) in [7, 11) is 0. The lowest BCUT2D eigenvalue weighted by Gasteiger charge is -2.22. The minimum Gasteiger partial charge on any atom is -0.0952 e. The van der Waals surface area contributed by atoms with Crippen LogP contribution >= 0.6 is 11.6 Å². The first kappa shape index (κ1) is 17.0. The zero-order chi connectivity index (χ0) is 15.3. The molecule has 2 atom stereocenters. The molecular formula is C19H27Cl. The lowest BCUT2D eigenvalue weighted by atomic mass is 9.83. The minimum atomic E-state index is 0.530. The molecule has 0 saturated carbocycles. The first-order chi connectivity index (χ1) is 9.40. The first-order valence-electron chi connectivity index (χ1n) is 7.51. The van der Waals surface area contributed by atoms with E-state index in [2.05, 4.69) is 52.5 Å². The van der Waals surface area contributed by atoms with Crippen molar-refractivity contribution in [1.29, 1.82) is 0 Å². The number of hydrogen-bond acceptors (Lipinski definition) is 0. The topological polar surface area (TPSA) is 0 Å². The molecule has 0 spiro atoms. The van der Waals surface area contributed by atoms with Crippen LogP contribution in [0.2, 0.25) is 5.02 Å². The summed E-state index contributed by atoms with van der Waals surface area (Å²) in [6, 6.07) is 6.22. The molecule has 110 valence electrons. The summed E-state index contributed by atoms with van der Waals surface area (Å²) < 4.78 is 0. The maximum atomic E-state index is 6.20. The molecule has 0 N–H and O–H groups in total. The van der Waals surface area contributed by atoms with Gasteiger partial charge in [-0.3, -0.25) is 0 Å². The average molecular weight is 291 g/mol. The van der Waals surface area contributed by atoms with Gasteiger partial charge in [-0.2, -0.15) is 0 Å². The molecule has 0 fully saturated rings. The normalized spacial score (nSPS) is 15.0. The lowest BCUT2D eigenvalue weighted by molar-refractivity contribution is 0.547. The van der Waals surface area contributed by atoms with Crippen molar-refractivity contribution in [3.63, 3.8) is 0 Å². The van der Waals surface area contributed by atoms with E-state index < -0.39 is 0 Å². The van der Waals surface area contributed by atoms with E-state index in [-0.39, 0.29) is 0 Å². The van der Waals surface area contributed by atoms with Gasteiger partial charge in [0.05, 0.1) is 0 Å². The molecule has 0 bridgehead atoms. The van der Waals surface area contributed by atoms with E-state index in [1.54, 1.807) is 0 Å². The van der Waals surface area contributed by atoms with Crippen LogP contribution in [0.5, 0.6) is 0 Å². The van der Waals surface area contributed by atoms with E-state index in [9.17, 15) is 0 Å². The third kappa shape index (κ3) is 4.24. The maximum Gasteiger partial charge on any atom is 0.0441 e. The third-order valence-electron chi connectivity index (χ3n) is 4.22. The molecule has 0 saturated heterocycles. The fourth-order valence-electron chi connectivity index (χ4n) is 2.71. The Hall–Kier alpha value is -1.01. The summed E-state index contributed by atoms with van der Waals surface area (Å²) in [6.07, 6.45) is 4.45. The summed E-state index contributed by atoms with van der Waals surface area (Å²) >= 11 is 6.20. The highest BCUT2D eigenvalue weighted by atomic mass is 35.5. The van der Waals surface area contributed by atoms with E-state index >= 15 is 0 Å². The van der Waals surface area contributed by atoms with Crippen molar-refractivity contribution in [2.24, 2.45) is 11.8 Å². The van der Waals surface area contributed by atoms with Gasteiger partial charge < -0.3 is 0 Å². The number of rotatable bonds is 6. The van der Waals surface area contributed by atoms with Gasteiger partial charge in [-0.25, -0.2) is 0 Å². The van der Waals surface area contributed by atoms with Gasteiger partial charge in [-0.1, -0.05) is 62.7 Å². The summed E-state index contributed by atoms with van der Waals surface area (Å²) in [5, 5.41) is 0.824. The Balaban J connectivity index is 2.81. The van der Waals surface area contributed by atoms with Crippen molar-refractivity contribution in [3.8, 4) is 0 Å². The second kappa shape index (κ2) is 7.69. The molecule has 0 aliphatic heterocycles. The minimum absolute atomic E-state index is 0.530. The second-order valence-corrected chi connectivity index (χ2v) is 6.18. The Morgan fingerprint density at radius 2 is 1.95 bits per heavy atom. The smallest absolute Gasteiger partial charge is 0.0441 e. The number of benzene rings is 1. The standard InChI is InChI=1S/C19H27Cl/c1-7-13(3)18(8-2)16(6)11-15(5)17-10-9-14(4)19(20)12-17/h8-10,12-13,16H,5,7,11H2,1-4,6H3/b18-8-/t13-,16+/m1/s1. The molecule has 0 amide bonds. The van der Waals surface area contributed by atoms with Crippen LogP contribution in [0.25, 0.3) is 5.57 Å². The van der Waals surface area contributed by atoms with Gasteiger partial charge in [0.1, 0.15) is 0 Å². The monoisotopic (exact) mass is 290 g/mol. The number of hydrogen-bond donors (Lipinski definition) is 0. The Kier molecular flexibility index (Phi) is 6.55. The Morgan fingerprint density at radius 3 is 2.45 bits per heavy atom. The summed E-state index contributed by atoms with van der Waals surface area (Å²) in [5.74, 6) is 1.17. The first-order valence-corrected chi connectivity index (χ1v) is 7.88. The molecule has 1 heteroatoms. The van der Waals surface area contributed by atoms with E-state index in [0.717, 1.165) is 22.6 Å². The van der Waals surface area contributed by atoms with Gasteiger partial charge in [0.2, 0.25) is 0 Å². The molecule has 0 heterocycles. The molecule has 1 aromatic rings. The lowest BCUT2D eigenvalue weighted by Crippen LogP contribution is -2.08. The zero-order valence-corrected chi connectivity index (χ0v) is 14.2. The van der Waals surface area contributed by atoms with Gasteiger partial charge in [-0.15, -0.1) is 0 Å². The Morgan fingerprint density at radius 1 is 1.30 bits per heavy atom. The predicted molar refractivity (Wildman–Crippen MR) is 92.2 cm³/mol. The van der Waals surface area contributed by atoms with Crippen LogP contribution < -0.4 is 0 Å². The van der Waals surface area contributed by atoms with Gasteiger partial charge in [-0.05, 0) is 61.3 Å². The summed E-state index contributed by atoms with van der Waals surface area (Å²) in [5.41, 5.74) is 4.98. The van der Waals surface area contributed by atoms with Gasteiger partial charge >= 0.3 is 0 Å². The second-order valence-electron chi connectivity index (χ2n) is 5.77. The van der Waals surface area contributed by atoms with E-state index in [1.165, 1.54) is 17.6 Å². The quantitative estimate of drug-likeness (QED) is 0.513. The Labute approximate surface area is 129 Å². The SMILES string of the molecule is C=C(C[C@H](C)/C(=C\C)[C@H](C)CC)c1ccc(C)c(Cl)c1. The van der Waals surface area contributed by atoms with Crippen LogP contribution in [0.1, 0.15) is 51.7 Å². The van der Waals surface area contributed by atoms with Crippen molar-refractivity contribution < 1.29 is 0 Å². The highest BCUT2D eigenvalue weighted by Crippen LogP contribution is 2.31. The molecule has 0 aliphatic rings. The average Bonchev–Trinajstić information content (AvgIpc) is 2.42. The summed E-state index contributed by atoms with van der Waals surface area (Å²) in [4.78, 5) is 0. The number of aryl methyl sites for hydroxylation is 1. The van der Waals surface area contributed by atoms with Gasteiger partial charge in [0, 0.05) is 5.02 Å². The third-order valence-corrected chi connectivity index (χ3v) is 4.62. The van der Waals surface area contributed by atoms with Crippen molar-refractivity contribution in [2.45, 2.75) is 47.5 Å². The largest absolute Gasteiger partial charge is 0.0952 e. The number of halogens is 1. The maximum absolute atomic E-state index is 6.20. The highest BCUT2D eigenvalue weighted by molar-refractivity contribution is 6.31. The van der Waals surface area contributed by atoms with Crippen LogP contribution in [0.15, 0.2) is 36.4 Å². The van der Waals surface area contributed by atoms with Crippen LogP contribution in [0.3, 0.4) is 0 Å². The molecule has 0 radical (unpaired) electrons. The van der Waals surface area contributed by atoms with E-state index in [1.807, 2.05) is 13.0 Å². The number of allylic oxidation sites excluding steroid dienone is 3. The van der Waals surface area contributed by atoms with Crippen LogP contribution in [0.4, 0.5) is 0 Å². The van der Waals surface area contributed by atoms with Crippen LogP contribution in [-0.2, 0) is 0 Å². The van der Waals surface area contributed by atoms with E-state index in [0.29, 0.717) is 11.8 Å². The van der Waals surface area contributed by atoms with Crippen molar-refractivity contribution in [1.82, 2.24) is 0 Å². The molecule has 0 unspecified atom stereocenters. The Bertz CT molecular complexity index is 496. The van der Waals surface area contributed by atoms with Crippen molar-refractivity contribution in [3.05, 3.63) is 52.6 Å². The predicted octanol–water partition coefficient (Wildman–Crippen LogP) is 6.68. The van der Waals surface area contributed by atoms with Crippen LogP contribution in [0, 0.1) is 18.8 Å². The molecule has 1 rings (SSSR count). The molecule has 0 aliphatic carbocycles. The molecule has 0 nitrogen and oxygen atoms in total. The van der Waals surface area contributed by atoms with Gasteiger partial charge in [0.25, 0.3) is 0 Å². The van der Waals surface area contributed by atoms with Crippen molar-refractivity contribution >= 4 is 17.2 Å². The molecule has 1 aromatic carbocycles. The van der Waals surface area contributed by atoms with Crippen molar-refractivity contribution in [2.75, 3.05) is 0 Å². The molecular weight excluding hydrogens is 264 g/mol. The highest BCUT2D eigenvalue weighted by Gasteiger charge is 2.15. The molecule has 0 aromatic heterocycles. The summed E-state index contributed by atoms with van der Waals surface area (Å²) in [6.45, 7) is 15.3. The van der Waals surface area contributed by atoms with Crippen LogP contribution in [-0.4, -0.2) is 0 Å². The van der Waals surface area contributed by atoms with Gasteiger partial charge in [0.15, 0.2) is 0 Å². The fourth-order valence-corrected chi connectivity index (χ4v) is 2.89. The zero-order valence-electron chi connectivity index (χ0n) is 13.5. The fraction of sp³-hybridized carbons (Fsp3) is 0.474. The molecule has 20 heavy (non-hydrogen) atoms.